The lowest BCUT2D eigenvalue weighted by atomic mass is 9.75. The van der Waals surface area contributed by atoms with Gasteiger partial charge < -0.3 is 14.4 Å². The standard InChI is InChI=1S/C19H29NO3/c1-5-6-11-19(13-15(2)9-10-17(19)23-4)18(21)20-12-7-8-16(20)14-22-3/h5-6,10,13,16H,7-9,11-12,14H2,1-4H3/b6-5+/t16-,19+/m0/s1. The van der Waals surface area contributed by atoms with Crippen LogP contribution >= 0.6 is 0 Å². The molecule has 1 saturated heterocycles. The van der Waals surface area contributed by atoms with Crippen molar-refractivity contribution in [2.75, 3.05) is 27.4 Å². The Kier molecular flexibility index (Phi) is 6.05. The van der Waals surface area contributed by atoms with Crippen LogP contribution in [-0.2, 0) is 14.3 Å². The molecule has 0 radical (unpaired) electrons. The average molecular weight is 319 g/mol. The van der Waals surface area contributed by atoms with Crippen LogP contribution in [0, 0.1) is 5.41 Å². The molecule has 1 fully saturated rings. The molecule has 4 heteroatoms. The van der Waals surface area contributed by atoms with Crippen LogP contribution < -0.4 is 0 Å². The molecule has 2 rings (SSSR count). The fourth-order valence-electron chi connectivity index (χ4n) is 3.69. The van der Waals surface area contributed by atoms with Gasteiger partial charge in [0.25, 0.3) is 0 Å². The Balaban J connectivity index is 2.39. The molecule has 0 bridgehead atoms. The zero-order valence-electron chi connectivity index (χ0n) is 14.8. The van der Waals surface area contributed by atoms with Crippen LogP contribution in [0.5, 0.6) is 0 Å². The molecule has 0 unspecified atom stereocenters. The molecule has 0 aromatic heterocycles. The van der Waals surface area contributed by atoms with Crippen molar-refractivity contribution in [2.24, 2.45) is 5.41 Å². The highest BCUT2D eigenvalue weighted by Crippen LogP contribution is 2.42. The maximum Gasteiger partial charge on any atom is 0.240 e. The quantitative estimate of drug-likeness (QED) is 0.704. The Morgan fingerprint density at radius 1 is 1.48 bits per heavy atom. The third-order valence-corrected chi connectivity index (χ3v) is 4.82. The number of carbonyl (C=O) groups excluding carboxylic acids is 1. The van der Waals surface area contributed by atoms with E-state index in [4.69, 9.17) is 9.47 Å². The number of hydrogen-bond acceptors (Lipinski definition) is 3. The molecule has 128 valence electrons. The van der Waals surface area contributed by atoms with Gasteiger partial charge in [0.05, 0.1) is 19.8 Å². The van der Waals surface area contributed by atoms with Crippen LogP contribution in [0.15, 0.2) is 35.6 Å². The van der Waals surface area contributed by atoms with Gasteiger partial charge in [-0.2, -0.15) is 0 Å². The monoisotopic (exact) mass is 319 g/mol. The van der Waals surface area contributed by atoms with Gasteiger partial charge in [-0.15, -0.1) is 0 Å². The van der Waals surface area contributed by atoms with Gasteiger partial charge in [0, 0.05) is 13.7 Å². The minimum Gasteiger partial charge on any atom is -0.500 e. The zero-order chi connectivity index (χ0) is 16.9. The maximum atomic E-state index is 13.5. The molecule has 0 N–H and O–H groups in total. The highest BCUT2D eigenvalue weighted by Gasteiger charge is 2.46. The van der Waals surface area contributed by atoms with Gasteiger partial charge >= 0.3 is 0 Å². The highest BCUT2D eigenvalue weighted by atomic mass is 16.5. The maximum absolute atomic E-state index is 13.5. The summed E-state index contributed by atoms with van der Waals surface area (Å²) >= 11 is 0. The minimum atomic E-state index is -0.708. The van der Waals surface area contributed by atoms with Crippen LogP contribution in [0.4, 0.5) is 0 Å². The first kappa shape index (κ1) is 17.8. The number of allylic oxidation sites excluding steroid dienone is 4. The van der Waals surface area contributed by atoms with Crippen LogP contribution in [-0.4, -0.2) is 44.2 Å². The topological polar surface area (TPSA) is 38.8 Å². The number of amides is 1. The van der Waals surface area contributed by atoms with E-state index in [-0.39, 0.29) is 11.9 Å². The number of rotatable bonds is 6. The Bertz CT molecular complexity index is 521. The smallest absolute Gasteiger partial charge is 0.240 e. The molecule has 1 aliphatic carbocycles. The van der Waals surface area contributed by atoms with Gasteiger partial charge in [0.15, 0.2) is 0 Å². The normalized spacial score (nSPS) is 28.0. The number of carbonyl (C=O) groups is 1. The summed E-state index contributed by atoms with van der Waals surface area (Å²) in [6, 6.07) is 0.170. The summed E-state index contributed by atoms with van der Waals surface area (Å²) in [7, 11) is 3.36. The van der Waals surface area contributed by atoms with Crippen molar-refractivity contribution in [2.45, 2.75) is 45.6 Å². The van der Waals surface area contributed by atoms with E-state index in [1.54, 1.807) is 14.2 Å². The van der Waals surface area contributed by atoms with Crippen LogP contribution in [0.2, 0.25) is 0 Å². The fourth-order valence-corrected chi connectivity index (χ4v) is 3.69. The number of hydrogen-bond donors (Lipinski definition) is 0. The predicted molar refractivity (Wildman–Crippen MR) is 91.9 cm³/mol. The number of methoxy groups -OCH3 is 2. The zero-order valence-corrected chi connectivity index (χ0v) is 14.8. The van der Waals surface area contributed by atoms with E-state index in [1.165, 1.54) is 5.57 Å². The summed E-state index contributed by atoms with van der Waals surface area (Å²) in [5.41, 5.74) is 0.506. The molecule has 0 saturated carbocycles. The summed E-state index contributed by atoms with van der Waals surface area (Å²) in [4.78, 5) is 15.5. The third kappa shape index (κ3) is 3.52. The van der Waals surface area contributed by atoms with Gasteiger partial charge in [0.2, 0.25) is 5.91 Å². The first-order valence-electron chi connectivity index (χ1n) is 8.43. The molecule has 1 amide bonds. The molecule has 4 nitrogen and oxygen atoms in total. The van der Waals surface area contributed by atoms with Gasteiger partial charge in [-0.25, -0.2) is 0 Å². The Morgan fingerprint density at radius 3 is 2.91 bits per heavy atom. The molecule has 1 aliphatic heterocycles. The summed E-state index contributed by atoms with van der Waals surface area (Å²) in [6.07, 6.45) is 11.7. The number of ether oxygens (including phenoxy) is 2. The van der Waals surface area contributed by atoms with Gasteiger partial charge in [-0.05, 0) is 45.6 Å². The lowest BCUT2D eigenvalue weighted by Crippen LogP contribution is -2.48. The molecule has 0 aromatic carbocycles. The van der Waals surface area contributed by atoms with Crippen molar-refractivity contribution in [1.29, 1.82) is 0 Å². The van der Waals surface area contributed by atoms with Gasteiger partial charge in [0.1, 0.15) is 11.2 Å². The van der Waals surface area contributed by atoms with Crippen LogP contribution in [0.1, 0.15) is 39.5 Å². The summed E-state index contributed by atoms with van der Waals surface area (Å²) in [5, 5.41) is 0. The van der Waals surface area contributed by atoms with Crippen molar-refractivity contribution in [3.8, 4) is 0 Å². The molecule has 0 aromatic rings. The number of likely N-dealkylation sites (tertiary alicyclic amines) is 1. The van der Waals surface area contributed by atoms with Crippen molar-refractivity contribution in [3.63, 3.8) is 0 Å². The van der Waals surface area contributed by atoms with Crippen LogP contribution in [0.25, 0.3) is 0 Å². The Hall–Kier alpha value is -1.55. The van der Waals surface area contributed by atoms with E-state index in [0.717, 1.165) is 31.6 Å². The van der Waals surface area contributed by atoms with Crippen molar-refractivity contribution in [3.05, 3.63) is 35.6 Å². The fraction of sp³-hybridized carbons (Fsp3) is 0.632. The van der Waals surface area contributed by atoms with E-state index in [1.807, 2.05) is 17.9 Å². The van der Waals surface area contributed by atoms with E-state index >= 15 is 0 Å². The van der Waals surface area contributed by atoms with E-state index in [0.29, 0.717) is 13.0 Å². The second kappa shape index (κ2) is 7.82. The van der Waals surface area contributed by atoms with Gasteiger partial charge in [-0.3, -0.25) is 4.79 Å². The summed E-state index contributed by atoms with van der Waals surface area (Å²) in [6.45, 7) is 5.46. The van der Waals surface area contributed by atoms with E-state index in [9.17, 15) is 4.79 Å². The predicted octanol–water partition coefficient (Wildman–Crippen LogP) is 3.46. The largest absolute Gasteiger partial charge is 0.500 e. The molecular formula is C19H29NO3. The lowest BCUT2D eigenvalue weighted by Gasteiger charge is -2.38. The Labute approximate surface area is 139 Å². The van der Waals surface area contributed by atoms with E-state index < -0.39 is 5.41 Å². The molecule has 23 heavy (non-hydrogen) atoms. The highest BCUT2D eigenvalue weighted by molar-refractivity contribution is 5.89. The third-order valence-electron chi connectivity index (χ3n) is 4.82. The van der Waals surface area contributed by atoms with E-state index in [2.05, 4.69) is 25.2 Å². The molecular weight excluding hydrogens is 290 g/mol. The van der Waals surface area contributed by atoms with Crippen molar-refractivity contribution in [1.82, 2.24) is 4.90 Å². The minimum absolute atomic E-state index is 0.141. The lowest BCUT2D eigenvalue weighted by molar-refractivity contribution is -0.141. The first-order chi connectivity index (χ1) is 11.1. The first-order valence-corrected chi connectivity index (χ1v) is 8.43. The summed E-state index contributed by atoms with van der Waals surface area (Å²) < 4.78 is 10.9. The van der Waals surface area contributed by atoms with Crippen LogP contribution in [0.3, 0.4) is 0 Å². The van der Waals surface area contributed by atoms with Gasteiger partial charge in [-0.1, -0.05) is 23.8 Å². The summed E-state index contributed by atoms with van der Waals surface area (Å²) in [5.74, 6) is 0.913. The average Bonchev–Trinajstić information content (AvgIpc) is 3.00. The molecule has 2 atom stereocenters. The Morgan fingerprint density at radius 2 is 2.26 bits per heavy atom. The SMILES string of the molecule is C/C=C/C[C@@]1(C(=O)N2CCC[C@H]2COC)C=C(C)CC=C1OC. The van der Waals surface area contributed by atoms with Crippen molar-refractivity contribution < 1.29 is 14.3 Å². The molecule has 0 spiro atoms. The second-order valence-corrected chi connectivity index (χ2v) is 6.46. The second-order valence-electron chi connectivity index (χ2n) is 6.46. The molecule has 1 heterocycles. The van der Waals surface area contributed by atoms with Crippen molar-refractivity contribution >= 4 is 5.91 Å². The molecule has 2 aliphatic rings. The number of nitrogens with zero attached hydrogens (tertiary/aromatic N) is 1.